The Balaban J connectivity index is 1.37. The third-order valence-electron chi connectivity index (χ3n) is 7.70. The Labute approximate surface area is 279 Å². The van der Waals surface area contributed by atoms with Gasteiger partial charge in [0, 0.05) is 36.8 Å². The number of para-hydroxylation sites is 1. The van der Waals surface area contributed by atoms with Crippen molar-refractivity contribution in [3.63, 3.8) is 0 Å². The number of nitrogens with one attached hydrogen (secondary N) is 1. The van der Waals surface area contributed by atoms with Gasteiger partial charge in [-0.2, -0.15) is 4.31 Å². The zero-order valence-electron chi connectivity index (χ0n) is 25.9. The van der Waals surface area contributed by atoms with E-state index in [-0.39, 0.29) is 37.0 Å². The van der Waals surface area contributed by atoms with Crippen LogP contribution in [0.1, 0.15) is 22.7 Å². The summed E-state index contributed by atoms with van der Waals surface area (Å²) in [6.45, 7) is 1.14. The van der Waals surface area contributed by atoms with E-state index >= 15 is 0 Å². The third-order valence-corrected chi connectivity index (χ3v) is 9.87. The minimum absolute atomic E-state index is 0.0950. The van der Waals surface area contributed by atoms with Crippen molar-refractivity contribution in [1.82, 2.24) is 14.5 Å². The summed E-state index contributed by atoms with van der Waals surface area (Å²) in [7, 11) is -2.12. The molecule has 1 aliphatic heterocycles. The number of ether oxygens (including phenoxy) is 3. The fourth-order valence-electron chi connectivity index (χ4n) is 5.22. The number of halogens is 1. The number of carbonyl (C=O) groups is 2. The summed E-state index contributed by atoms with van der Waals surface area (Å²) in [6.07, 6.45) is 0. The van der Waals surface area contributed by atoms with Crippen molar-refractivity contribution in [2.45, 2.75) is 24.0 Å². The zero-order chi connectivity index (χ0) is 33.2. The molecule has 0 bridgehead atoms. The Morgan fingerprint density at radius 2 is 1.57 bits per heavy atom. The molecule has 2 amide bonds. The highest BCUT2D eigenvalue weighted by atomic mass is 35.5. The number of rotatable bonds is 13. The van der Waals surface area contributed by atoms with Crippen molar-refractivity contribution in [3.8, 4) is 11.5 Å². The van der Waals surface area contributed by atoms with Crippen LogP contribution >= 0.6 is 11.6 Å². The van der Waals surface area contributed by atoms with E-state index < -0.39 is 28.6 Å². The van der Waals surface area contributed by atoms with E-state index in [2.05, 4.69) is 5.32 Å². The molecule has 4 aromatic rings. The number of benzene rings is 4. The molecule has 47 heavy (non-hydrogen) atoms. The van der Waals surface area contributed by atoms with Gasteiger partial charge in [-0.25, -0.2) is 8.42 Å². The third kappa shape index (κ3) is 8.69. The monoisotopic (exact) mass is 677 g/mol. The van der Waals surface area contributed by atoms with Crippen molar-refractivity contribution in [2.75, 3.05) is 40.0 Å². The second kappa shape index (κ2) is 15.9. The summed E-state index contributed by atoms with van der Waals surface area (Å²) < 4.78 is 44.0. The molecule has 1 atom stereocenters. The smallest absolute Gasteiger partial charge is 0.261 e. The lowest BCUT2D eigenvalue weighted by Crippen LogP contribution is -2.45. The molecule has 0 radical (unpaired) electrons. The number of morpholine rings is 1. The maximum absolute atomic E-state index is 14.0. The minimum Gasteiger partial charge on any atom is -0.496 e. The van der Waals surface area contributed by atoms with Crippen molar-refractivity contribution in [3.05, 3.63) is 125 Å². The fraction of sp³-hybridized carbons (Fsp3) is 0.257. The molecule has 5 rings (SSSR count). The normalized spacial score (nSPS) is 14.2. The van der Waals surface area contributed by atoms with Crippen LogP contribution < -0.4 is 14.8 Å². The molecule has 1 fully saturated rings. The first-order chi connectivity index (χ1) is 22.8. The van der Waals surface area contributed by atoms with Gasteiger partial charge in [0.25, 0.3) is 5.91 Å². The second-order valence-electron chi connectivity index (χ2n) is 10.8. The van der Waals surface area contributed by atoms with Crippen LogP contribution in [0.3, 0.4) is 0 Å². The second-order valence-corrected chi connectivity index (χ2v) is 13.1. The van der Waals surface area contributed by atoms with Crippen molar-refractivity contribution in [1.29, 1.82) is 0 Å². The number of carbonyl (C=O) groups excluding carboxylic acids is 2. The van der Waals surface area contributed by atoms with E-state index in [0.29, 0.717) is 35.3 Å². The van der Waals surface area contributed by atoms with E-state index in [9.17, 15) is 18.0 Å². The van der Waals surface area contributed by atoms with Gasteiger partial charge >= 0.3 is 0 Å². The molecule has 1 heterocycles. The van der Waals surface area contributed by atoms with Gasteiger partial charge in [-0.3, -0.25) is 9.59 Å². The molecule has 1 aliphatic rings. The number of nitrogens with zero attached hydrogens (tertiary/aromatic N) is 2. The number of amides is 2. The van der Waals surface area contributed by atoms with Gasteiger partial charge in [-0.15, -0.1) is 0 Å². The molecule has 4 aromatic carbocycles. The van der Waals surface area contributed by atoms with Crippen LogP contribution in [0, 0.1) is 0 Å². The lowest BCUT2D eigenvalue weighted by molar-refractivity contribution is -0.143. The van der Waals surface area contributed by atoms with E-state index in [1.54, 1.807) is 43.5 Å². The number of hydrogen-bond donors (Lipinski definition) is 1. The maximum Gasteiger partial charge on any atom is 0.261 e. The lowest BCUT2D eigenvalue weighted by Gasteiger charge is -2.31. The topological polar surface area (TPSA) is 114 Å². The van der Waals surface area contributed by atoms with Gasteiger partial charge in [0.1, 0.15) is 17.5 Å². The molecule has 10 nitrogen and oxygen atoms in total. The Morgan fingerprint density at radius 3 is 2.26 bits per heavy atom. The molecule has 0 spiro atoms. The van der Waals surface area contributed by atoms with E-state index in [4.69, 9.17) is 25.8 Å². The summed E-state index contributed by atoms with van der Waals surface area (Å²) in [5.41, 5.74) is 2.16. The van der Waals surface area contributed by atoms with Gasteiger partial charge in [-0.1, -0.05) is 72.3 Å². The van der Waals surface area contributed by atoms with Crippen molar-refractivity contribution in [2.24, 2.45) is 0 Å². The molecule has 0 aromatic heterocycles. The highest BCUT2D eigenvalue weighted by molar-refractivity contribution is 7.89. The van der Waals surface area contributed by atoms with Gasteiger partial charge in [0.2, 0.25) is 15.9 Å². The van der Waals surface area contributed by atoms with Crippen LogP contribution in [0.5, 0.6) is 11.5 Å². The number of sulfonamides is 1. The number of methoxy groups -OCH3 is 1. The quantitative estimate of drug-likeness (QED) is 0.216. The molecular weight excluding hydrogens is 642 g/mol. The summed E-state index contributed by atoms with van der Waals surface area (Å²) in [6, 6.07) is 28.4. The van der Waals surface area contributed by atoms with E-state index in [1.165, 1.54) is 33.5 Å². The average Bonchev–Trinajstić information content (AvgIpc) is 3.11. The first-order valence-electron chi connectivity index (χ1n) is 15.1. The molecule has 12 heteroatoms. The van der Waals surface area contributed by atoms with Crippen LogP contribution in [0.25, 0.3) is 0 Å². The highest BCUT2D eigenvalue weighted by Gasteiger charge is 2.32. The highest BCUT2D eigenvalue weighted by Crippen LogP contribution is 2.26. The molecule has 0 saturated carbocycles. The molecule has 0 aliphatic carbocycles. The first-order valence-corrected chi connectivity index (χ1v) is 16.9. The van der Waals surface area contributed by atoms with Gasteiger partial charge < -0.3 is 24.4 Å². The molecule has 1 saturated heterocycles. The lowest BCUT2D eigenvalue weighted by atomic mass is 10.0. The van der Waals surface area contributed by atoms with Crippen LogP contribution in [0.4, 0.5) is 0 Å². The predicted molar refractivity (Wildman–Crippen MR) is 178 cm³/mol. The summed E-state index contributed by atoms with van der Waals surface area (Å²) >= 11 is 6.12. The standard InChI is InChI=1S/C35H36ClN3O7S/c1-44-32-10-6-5-9-28(32)23-37-35(41)34(27-7-3-2-4-8-27)39(24-26-11-13-29(36)14-12-26)33(40)25-46-30-15-17-31(18-16-30)47(42,43)38-19-21-45-22-20-38/h2-18,34H,19-25H2,1H3,(H,37,41)/t34-/m0/s1. The van der Waals surface area contributed by atoms with Crippen molar-refractivity contribution < 1.29 is 32.2 Å². The molecular formula is C35H36ClN3O7S. The predicted octanol–water partition coefficient (Wildman–Crippen LogP) is 4.83. The van der Waals surface area contributed by atoms with Gasteiger partial charge in [-0.05, 0) is 53.6 Å². The van der Waals surface area contributed by atoms with Crippen LogP contribution in [-0.4, -0.2) is 69.5 Å². The molecule has 1 N–H and O–H groups in total. The largest absolute Gasteiger partial charge is 0.496 e. The molecule has 246 valence electrons. The Hall–Kier alpha value is -4.42. The molecule has 0 unspecified atom stereocenters. The first kappa shape index (κ1) is 33.9. The fourth-order valence-corrected chi connectivity index (χ4v) is 6.75. The van der Waals surface area contributed by atoms with Crippen molar-refractivity contribution >= 4 is 33.4 Å². The van der Waals surface area contributed by atoms with E-state index in [0.717, 1.165) is 11.1 Å². The average molecular weight is 678 g/mol. The maximum atomic E-state index is 14.0. The number of hydrogen-bond acceptors (Lipinski definition) is 7. The van der Waals surface area contributed by atoms with E-state index in [1.807, 2.05) is 42.5 Å². The van der Waals surface area contributed by atoms with Crippen LogP contribution in [0.15, 0.2) is 108 Å². The Morgan fingerprint density at radius 1 is 0.915 bits per heavy atom. The zero-order valence-corrected chi connectivity index (χ0v) is 27.5. The summed E-state index contributed by atoms with van der Waals surface area (Å²) in [5.74, 6) is 0.103. The minimum atomic E-state index is -3.68. The summed E-state index contributed by atoms with van der Waals surface area (Å²) in [4.78, 5) is 29.5. The van der Waals surface area contributed by atoms with Gasteiger partial charge in [0.15, 0.2) is 6.61 Å². The van der Waals surface area contributed by atoms with Gasteiger partial charge in [0.05, 0.1) is 25.2 Å². The SMILES string of the molecule is COc1ccccc1CNC(=O)[C@H](c1ccccc1)N(Cc1ccc(Cl)cc1)C(=O)COc1ccc(S(=O)(=O)N2CCOCC2)cc1. The Kier molecular flexibility index (Phi) is 11.5. The van der Waals surface area contributed by atoms with Crippen LogP contribution in [0.2, 0.25) is 5.02 Å². The van der Waals surface area contributed by atoms with Crippen LogP contribution in [-0.2, 0) is 37.4 Å². The summed E-state index contributed by atoms with van der Waals surface area (Å²) in [5, 5.41) is 3.52. The Bertz CT molecular complexity index is 1750.